The number of nitrogens with zero attached hydrogens (tertiary/aromatic N) is 2. The zero-order valence-corrected chi connectivity index (χ0v) is 15.0. The third kappa shape index (κ3) is 5.05. The molecular formula is C19H29N3O2. The molecule has 1 N–H and O–H groups in total. The molecule has 1 aliphatic rings. The normalized spacial score (nSPS) is 17.8. The molecule has 0 saturated heterocycles. The van der Waals surface area contributed by atoms with Crippen LogP contribution in [0.1, 0.15) is 64.1 Å². The van der Waals surface area contributed by atoms with Crippen molar-refractivity contribution < 1.29 is 9.59 Å². The van der Waals surface area contributed by atoms with Crippen LogP contribution < -0.4 is 5.32 Å². The van der Waals surface area contributed by atoms with Gasteiger partial charge >= 0.3 is 0 Å². The lowest BCUT2D eigenvalue weighted by Crippen LogP contribution is -2.46. The molecular weight excluding hydrogens is 302 g/mol. The molecule has 1 saturated carbocycles. The van der Waals surface area contributed by atoms with Crippen LogP contribution in [0.5, 0.6) is 0 Å². The Hall–Kier alpha value is -1.91. The van der Waals surface area contributed by atoms with Gasteiger partial charge in [-0.2, -0.15) is 0 Å². The monoisotopic (exact) mass is 331 g/mol. The summed E-state index contributed by atoms with van der Waals surface area (Å²) in [5.41, 5.74) is 0.842. The van der Waals surface area contributed by atoms with Crippen molar-refractivity contribution in [3.05, 3.63) is 30.1 Å². The molecule has 0 aromatic carbocycles. The van der Waals surface area contributed by atoms with Gasteiger partial charge in [0.1, 0.15) is 6.04 Å². The molecule has 0 radical (unpaired) electrons. The fraction of sp³-hybridized carbons (Fsp3) is 0.632. The van der Waals surface area contributed by atoms with Gasteiger partial charge in [0.05, 0.1) is 11.7 Å². The first-order chi connectivity index (χ1) is 11.5. The van der Waals surface area contributed by atoms with E-state index in [0.29, 0.717) is 12.3 Å². The Balaban J connectivity index is 1.85. The third-order valence-electron chi connectivity index (χ3n) is 4.99. The standard InChI is InChI=1S/C19H29N3O2/c1-14(21-18(23)13-16-9-5-4-6-10-16)19(24)22(3)15(2)17-11-7-8-12-20-17/h7-8,11-12,14-16H,4-6,9-10,13H2,1-3H3,(H,21,23). The predicted molar refractivity (Wildman–Crippen MR) is 94.2 cm³/mol. The molecule has 0 aliphatic heterocycles. The van der Waals surface area contributed by atoms with Gasteiger partial charge in [0.15, 0.2) is 0 Å². The maximum absolute atomic E-state index is 12.6. The summed E-state index contributed by atoms with van der Waals surface area (Å²) in [5.74, 6) is 0.373. The number of likely N-dealkylation sites (N-methyl/N-ethyl adjacent to an activating group) is 1. The average molecular weight is 331 g/mol. The minimum absolute atomic E-state index is 0.0124. The fourth-order valence-corrected chi connectivity index (χ4v) is 3.33. The molecule has 24 heavy (non-hydrogen) atoms. The van der Waals surface area contributed by atoms with Crippen molar-refractivity contribution in [1.82, 2.24) is 15.2 Å². The van der Waals surface area contributed by atoms with Crippen molar-refractivity contribution >= 4 is 11.8 Å². The first kappa shape index (κ1) is 18.4. The molecule has 1 aliphatic carbocycles. The summed E-state index contributed by atoms with van der Waals surface area (Å²) >= 11 is 0. The number of pyridine rings is 1. The number of hydrogen-bond donors (Lipinski definition) is 1. The van der Waals surface area contributed by atoms with E-state index in [1.54, 1.807) is 25.1 Å². The van der Waals surface area contributed by atoms with Gasteiger partial charge in [-0.3, -0.25) is 14.6 Å². The summed E-state index contributed by atoms with van der Waals surface area (Å²) in [7, 11) is 1.76. The maximum atomic E-state index is 12.6. The van der Waals surface area contributed by atoms with E-state index in [1.807, 2.05) is 25.1 Å². The molecule has 5 heteroatoms. The lowest BCUT2D eigenvalue weighted by molar-refractivity contribution is -0.136. The fourth-order valence-electron chi connectivity index (χ4n) is 3.33. The Kier molecular flexibility index (Phi) is 6.76. The van der Waals surface area contributed by atoms with E-state index in [-0.39, 0.29) is 17.9 Å². The van der Waals surface area contributed by atoms with Gasteiger partial charge in [-0.15, -0.1) is 0 Å². The van der Waals surface area contributed by atoms with Crippen LogP contribution >= 0.6 is 0 Å². The molecule has 1 aromatic rings. The minimum Gasteiger partial charge on any atom is -0.345 e. The van der Waals surface area contributed by atoms with Gasteiger partial charge in [0, 0.05) is 19.7 Å². The molecule has 132 valence electrons. The Labute approximate surface area is 144 Å². The summed E-state index contributed by atoms with van der Waals surface area (Å²) in [5, 5.41) is 2.86. The van der Waals surface area contributed by atoms with Crippen molar-refractivity contribution in [2.75, 3.05) is 7.05 Å². The second kappa shape index (κ2) is 8.81. The number of rotatable bonds is 6. The van der Waals surface area contributed by atoms with E-state index in [4.69, 9.17) is 0 Å². The Morgan fingerprint density at radius 3 is 2.58 bits per heavy atom. The molecule has 1 aromatic heterocycles. The van der Waals surface area contributed by atoms with Crippen LogP contribution in [0.2, 0.25) is 0 Å². The number of amides is 2. The van der Waals surface area contributed by atoms with Gasteiger partial charge in [-0.1, -0.05) is 25.3 Å². The highest BCUT2D eigenvalue weighted by molar-refractivity contribution is 5.87. The Morgan fingerprint density at radius 2 is 1.96 bits per heavy atom. The first-order valence-electron chi connectivity index (χ1n) is 8.96. The largest absolute Gasteiger partial charge is 0.345 e. The van der Waals surface area contributed by atoms with Crippen LogP contribution in [-0.4, -0.2) is 34.8 Å². The summed E-state index contributed by atoms with van der Waals surface area (Å²) in [4.78, 5) is 30.7. The van der Waals surface area contributed by atoms with E-state index in [2.05, 4.69) is 10.3 Å². The summed E-state index contributed by atoms with van der Waals surface area (Å²) < 4.78 is 0. The summed E-state index contributed by atoms with van der Waals surface area (Å²) in [6.07, 6.45) is 8.24. The van der Waals surface area contributed by atoms with Gasteiger partial charge in [-0.05, 0) is 44.7 Å². The molecule has 2 rings (SSSR count). The maximum Gasteiger partial charge on any atom is 0.245 e. The number of hydrogen-bond acceptors (Lipinski definition) is 3. The van der Waals surface area contributed by atoms with E-state index in [1.165, 1.54) is 19.3 Å². The van der Waals surface area contributed by atoms with Crippen molar-refractivity contribution in [3.63, 3.8) is 0 Å². The zero-order chi connectivity index (χ0) is 17.5. The van der Waals surface area contributed by atoms with Crippen LogP contribution in [0.25, 0.3) is 0 Å². The van der Waals surface area contributed by atoms with E-state index in [0.717, 1.165) is 18.5 Å². The second-order valence-electron chi connectivity index (χ2n) is 6.88. The van der Waals surface area contributed by atoms with Crippen molar-refractivity contribution in [3.8, 4) is 0 Å². The van der Waals surface area contributed by atoms with Crippen LogP contribution in [0.4, 0.5) is 0 Å². The molecule has 1 heterocycles. The summed E-state index contributed by atoms with van der Waals surface area (Å²) in [6.45, 7) is 3.69. The zero-order valence-electron chi connectivity index (χ0n) is 15.0. The quantitative estimate of drug-likeness (QED) is 0.871. The number of aromatic nitrogens is 1. The van der Waals surface area contributed by atoms with Crippen molar-refractivity contribution in [1.29, 1.82) is 0 Å². The van der Waals surface area contributed by atoms with Crippen LogP contribution in [0.15, 0.2) is 24.4 Å². The lowest BCUT2D eigenvalue weighted by atomic mass is 9.87. The van der Waals surface area contributed by atoms with E-state index in [9.17, 15) is 9.59 Å². The molecule has 2 unspecified atom stereocenters. The van der Waals surface area contributed by atoms with Crippen molar-refractivity contribution in [2.24, 2.45) is 5.92 Å². The Bertz CT molecular complexity index is 541. The number of carbonyl (C=O) groups excluding carboxylic acids is 2. The van der Waals surface area contributed by atoms with Crippen LogP contribution in [-0.2, 0) is 9.59 Å². The topological polar surface area (TPSA) is 62.3 Å². The highest BCUT2D eigenvalue weighted by Crippen LogP contribution is 2.26. The van der Waals surface area contributed by atoms with Gasteiger partial charge < -0.3 is 10.2 Å². The first-order valence-corrected chi connectivity index (χ1v) is 8.96. The Morgan fingerprint density at radius 1 is 1.25 bits per heavy atom. The lowest BCUT2D eigenvalue weighted by Gasteiger charge is -2.28. The van der Waals surface area contributed by atoms with E-state index >= 15 is 0 Å². The smallest absolute Gasteiger partial charge is 0.245 e. The second-order valence-corrected chi connectivity index (χ2v) is 6.88. The molecule has 1 fully saturated rings. The molecule has 0 spiro atoms. The van der Waals surface area contributed by atoms with Crippen LogP contribution in [0.3, 0.4) is 0 Å². The predicted octanol–water partition coefficient (Wildman–Crippen LogP) is 3.08. The van der Waals surface area contributed by atoms with E-state index < -0.39 is 6.04 Å². The number of carbonyl (C=O) groups is 2. The van der Waals surface area contributed by atoms with Gasteiger partial charge in [0.25, 0.3) is 0 Å². The van der Waals surface area contributed by atoms with Gasteiger partial charge in [-0.25, -0.2) is 0 Å². The third-order valence-corrected chi connectivity index (χ3v) is 4.99. The average Bonchev–Trinajstić information content (AvgIpc) is 2.61. The highest BCUT2D eigenvalue weighted by Gasteiger charge is 2.25. The highest BCUT2D eigenvalue weighted by atomic mass is 16.2. The molecule has 2 atom stereocenters. The molecule has 2 amide bonds. The summed E-state index contributed by atoms with van der Waals surface area (Å²) in [6, 6.07) is 5.02. The number of nitrogens with one attached hydrogen (secondary N) is 1. The SMILES string of the molecule is CC(NC(=O)CC1CCCCC1)C(=O)N(C)C(C)c1ccccn1. The minimum atomic E-state index is -0.516. The van der Waals surface area contributed by atoms with Crippen molar-refractivity contribution in [2.45, 2.75) is 64.5 Å². The van der Waals surface area contributed by atoms with Gasteiger partial charge in [0.2, 0.25) is 11.8 Å². The molecule has 0 bridgehead atoms. The molecule has 5 nitrogen and oxygen atoms in total. The van der Waals surface area contributed by atoms with Crippen LogP contribution in [0, 0.1) is 5.92 Å².